The summed E-state index contributed by atoms with van der Waals surface area (Å²) < 4.78 is 22.9. The van der Waals surface area contributed by atoms with E-state index in [4.69, 9.17) is 18.9 Å². The molecule has 0 aliphatic heterocycles. The molecule has 0 heterocycles. The van der Waals surface area contributed by atoms with Crippen LogP contribution in [0.5, 0.6) is 23.0 Å². The van der Waals surface area contributed by atoms with Crippen molar-refractivity contribution in [3.05, 3.63) is 45.0 Å². The smallest absolute Gasteiger partial charge is 0.271 e. The van der Waals surface area contributed by atoms with Crippen LogP contribution in [-0.4, -0.2) is 39.1 Å². The number of carbonyl (C=O) groups excluding carboxylic acids is 1. The van der Waals surface area contributed by atoms with Gasteiger partial charge in [-0.15, -0.1) is 0 Å². The Morgan fingerprint density at radius 2 is 1.69 bits per heavy atom. The zero-order chi connectivity index (χ0) is 21.2. The lowest BCUT2D eigenvalue weighted by atomic mass is 10.2. The summed E-state index contributed by atoms with van der Waals surface area (Å²) in [5.74, 6) is 2.08. The third kappa shape index (κ3) is 6.25. The van der Waals surface area contributed by atoms with E-state index in [1.165, 1.54) is 0 Å². The van der Waals surface area contributed by atoms with E-state index >= 15 is 0 Å². The van der Waals surface area contributed by atoms with Crippen LogP contribution in [0.2, 0.25) is 0 Å². The summed E-state index contributed by atoms with van der Waals surface area (Å²) in [4.78, 5) is 12.4. The summed E-state index contributed by atoms with van der Waals surface area (Å²) in [6, 6.07) is 8.72. The molecule has 1 N–H and O–H groups in total. The third-order valence-electron chi connectivity index (χ3n) is 3.73. The summed E-state index contributed by atoms with van der Waals surface area (Å²) in [7, 11) is 1.58. The van der Waals surface area contributed by atoms with Crippen LogP contribution in [0.25, 0.3) is 0 Å². The average molecular weight is 512 g/mol. The van der Waals surface area contributed by atoms with Crippen LogP contribution in [0.15, 0.2) is 35.4 Å². The third-order valence-corrected chi connectivity index (χ3v) is 4.53. The molecular weight excluding hydrogens is 487 g/mol. The monoisotopic (exact) mass is 512 g/mol. The van der Waals surface area contributed by atoms with E-state index in [1.807, 2.05) is 26.8 Å². The second-order valence-corrected chi connectivity index (χ2v) is 6.86. The molecule has 0 unspecified atom stereocenters. The molecule has 0 aliphatic carbocycles. The van der Waals surface area contributed by atoms with Crippen molar-refractivity contribution in [1.29, 1.82) is 0 Å². The Kier molecular flexibility index (Phi) is 9.04. The first-order valence-corrected chi connectivity index (χ1v) is 10.3. The van der Waals surface area contributed by atoms with Gasteiger partial charge in [0.2, 0.25) is 0 Å². The normalized spacial score (nSPS) is 10.7. The molecule has 0 fully saturated rings. The van der Waals surface area contributed by atoms with Crippen LogP contribution in [0.1, 0.15) is 36.7 Å². The summed E-state index contributed by atoms with van der Waals surface area (Å²) in [6.07, 6.45) is 1.55. The number of hydrazone groups is 1. The summed E-state index contributed by atoms with van der Waals surface area (Å²) in [5.41, 5.74) is 3.72. The lowest BCUT2D eigenvalue weighted by Crippen LogP contribution is -2.17. The molecule has 0 saturated heterocycles. The summed E-state index contributed by atoms with van der Waals surface area (Å²) >= 11 is 2.17. The van der Waals surface area contributed by atoms with E-state index < -0.39 is 0 Å². The Morgan fingerprint density at radius 1 is 1.00 bits per heavy atom. The highest BCUT2D eigenvalue weighted by Crippen LogP contribution is 2.33. The molecule has 0 radical (unpaired) electrons. The van der Waals surface area contributed by atoms with Gasteiger partial charge in [0, 0.05) is 5.56 Å². The van der Waals surface area contributed by atoms with E-state index in [-0.39, 0.29) is 5.91 Å². The van der Waals surface area contributed by atoms with Crippen molar-refractivity contribution in [3.63, 3.8) is 0 Å². The molecule has 0 atom stereocenters. The summed E-state index contributed by atoms with van der Waals surface area (Å²) in [5, 5.41) is 4.05. The first-order valence-electron chi connectivity index (χ1n) is 9.27. The molecule has 0 spiro atoms. The van der Waals surface area contributed by atoms with Crippen LogP contribution >= 0.6 is 22.6 Å². The van der Waals surface area contributed by atoms with Crippen LogP contribution in [0, 0.1) is 3.57 Å². The minimum absolute atomic E-state index is 0.349. The molecule has 0 aromatic heterocycles. The van der Waals surface area contributed by atoms with Gasteiger partial charge in [0.05, 0.1) is 36.7 Å². The second kappa shape index (κ2) is 11.5. The molecule has 2 rings (SSSR count). The van der Waals surface area contributed by atoms with Gasteiger partial charge in [0.25, 0.3) is 5.91 Å². The SMILES string of the molecule is CCOc1ccc(C(=O)N/N=C/c2cc(I)c(OCC)c(OC)c2)cc1OCC. The zero-order valence-electron chi connectivity index (χ0n) is 17.0. The standard InChI is InChI=1S/C21H25IN2O5/c1-5-27-17-9-8-15(12-18(17)28-6-2)21(25)24-23-13-14-10-16(22)20(29-7-3)19(11-14)26-4/h8-13H,5-7H2,1-4H3,(H,24,25)/b23-13+. The van der Waals surface area contributed by atoms with E-state index in [0.717, 1.165) is 9.13 Å². The largest absolute Gasteiger partial charge is 0.493 e. The summed E-state index contributed by atoms with van der Waals surface area (Å²) in [6.45, 7) is 7.21. The number of ether oxygens (including phenoxy) is 4. The van der Waals surface area contributed by atoms with E-state index in [9.17, 15) is 4.79 Å². The highest BCUT2D eigenvalue weighted by molar-refractivity contribution is 14.1. The molecule has 0 aliphatic rings. The Morgan fingerprint density at radius 3 is 2.34 bits per heavy atom. The average Bonchev–Trinajstić information content (AvgIpc) is 2.71. The van der Waals surface area contributed by atoms with Crippen molar-refractivity contribution in [2.75, 3.05) is 26.9 Å². The van der Waals surface area contributed by atoms with Gasteiger partial charge < -0.3 is 18.9 Å². The quantitative estimate of drug-likeness (QED) is 0.293. The highest BCUT2D eigenvalue weighted by atomic mass is 127. The molecule has 29 heavy (non-hydrogen) atoms. The van der Waals surface area contributed by atoms with Crippen LogP contribution in [0.3, 0.4) is 0 Å². The van der Waals surface area contributed by atoms with Gasteiger partial charge in [0.1, 0.15) is 0 Å². The molecule has 1 amide bonds. The number of carbonyl (C=O) groups is 1. The first-order chi connectivity index (χ1) is 14.0. The Balaban J connectivity index is 2.13. The molecule has 2 aromatic rings. The minimum atomic E-state index is -0.349. The highest BCUT2D eigenvalue weighted by Gasteiger charge is 2.12. The van der Waals surface area contributed by atoms with Gasteiger partial charge in [-0.05, 0) is 79.3 Å². The number of halogens is 1. The zero-order valence-corrected chi connectivity index (χ0v) is 19.1. The van der Waals surface area contributed by atoms with Crippen molar-refractivity contribution in [3.8, 4) is 23.0 Å². The Hall–Kier alpha value is -2.49. The minimum Gasteiger partial charge on any atom is -0.493 e. The van der Waals surface area contributed by atoms with Crippen LogP contribution < -0.4 is 24.4 Å². The number of benzene rings is 2. The number of amides is 1. The van der Waals surface area contributed by atoms with Gasteiger partial charge in [0.15, 0.2) is 23.0 Å². The maximum atomic E-state index is 12.4. The molecule has 0 saturated carbocycles. The van der Waals surface area contributed by atoms with Crippen molar-refractivity contribution in [1.82, 2.24) is 5.43 Å². The molecule has 8 heteroatoms. The lowest BCUT2D eigenvalue weighted by Gasteiger charge is -2.12. The van der Waals surface area contributed by atoms with Gasteiger partial charge in [-0.2, -0.15) is 5.10 Å². The Bertz CT molecular complexity index is 870. The topological polar surface area (TPSA) is 78.4 Å². The van der Waals surface area contributed by atoms with Gasteiger partial charge in [-0.1, -0.05) is 0 Å². The lowest BCUT2D eigenvalue weighted by molar-refractivity contribution is 0.0954. The van der Waals surface area contributed by atoms with E-state index in [2.05, 4.69) is 33.1 Å². The second-order valence-electron chi connectivity index (χ2n) is 5.69. The van der Waals surface area contributed by atoms with E-state index in [1.54, 1.807) is 37.6 Å². The number of nitrogens with one attached hydrogen (secondary N) is 1. The van der Waals surface area contributed by atoms with Crippen molar-refractivity contribution >= 4 is 34.7 Å². The predicted molar refractivity (Wildman–Crippen MR) is 121 cm³/mol. The van der Waals surface area contributed by atoms with Crippen molar-refractivity contribution in [2.45, 2.75) is 20.8 Å². The number of hydrogen-bond donors (Lipinski definition) is 1. The number of methoxy groups -OCH3 is 1. The maximum absolute atomic E-state index is 12.4. The van der Waals surface area contributed by atoms with E-state index in [0.29, 0.717) is 48.4 Å². The molecule has 2 aromatic carbocycles. The van der Waals surface area contributed by atoms with Crippen LogP contribution in [-0.2, 0) is 0 Å². The fourth-order valence-electron chi connectivity index (χ4n) is 2.52. The molecule has 7 nitrogen and oxygen atoms in total. The first kappa shape index (κ1) is 22.8. The molecule has 156 valence electrons. The molecule has 0 bridgehead atoms. The number of hydrogen-bond acceptors (Lipinski definition) is 6. The fourth-order valence-corrected chi connectivity index (χ4v) is 3.30. The Labute approximate surface area is 184 Å². The molecular formula is C21H25IN2O5. The predicted octanol–water partition coefficient (Wildman–Crippen LogP) is 4.26. The number of nitrogens with zero attached hydrogens (tertiary/aromatic N) is 1. The fraction of sp³-hybridized carbons (Fsp3) is 0.333. The van der Waals surface area contributed by atoms with Gasteiger partial charge in [-0.3, -0.25) is 4.79 Å². The van der Waals surface area contributed by atoms with Gasteiger partial charge in [-0.25, -0.2) is 5.43 Å². The number of rotatable bonds is 10. The van der Waals surface area contributed by atoms with Crippen molar-refractivity contribution in [2.24, 2.45) is 5.10 Å². The van der Waals surface area contributed by atoms with Crippen LogP contribution in [0.4, 0.5) is 0 Å². The van der Waals surface area contributed by atoms with Gasteiger partial charge >= 0.3 is 0 Å². The maximum Gasteiger partial charge on any atom is 0.271 e. The van der Waals surface area contributed by atoms with Crippen molar-refractivity contribution < 1.29 is 23.7 Å².